The van der Waals surface area contributed by atoms with E-state index in [1.54, 1.807) is 0 Å². The molecule has 2 atom stereocenters. The van der Waals surface area contributed by atoms with Crippen LogP contribution in [0.5, 0.6) is 0 Å². The Morgan fingerprint density at radius 3 is 2.92 bits per heavy atom. The average Bonchev–Trinajstić information content (AvgIpc) is 3.26. The number of rotatable bonds is 6. The second kappa shape index (κ2) is 7.03. The molecule has 1 aliphatic heterocycles. The molecule has 0 aliphatic carbocycles. The summed E-state index contributed by atoms with van der Waals surface area (Å²) in [6.07, 6.45) is 7.03. The van der Waals surface area contributed by atoms with Crippen molar-refractivity contribution in [3.05, 3.63) is 30.1 Å². The molecule has 1 fully saturated rings. The second-order valence-electron chi connectivity index (χ2n) is 7.37. The highest BCUT2D eigenvalue weighted by atomic mass is 16.5. The van der Waals surface area contributed by atoms with Crippen LogP contribution in [0.1, 0.15) is 51.7 Å². The van der Waals surface area contributed by atoms with Gasteiger partial charge in [0.25, 0.3) is 0 Å². The van der Waals surface area contributed by atoms with Gasteiger partial charge >= 0.3 is 0 Å². The summed E-state index contributed by atoms with van der Waals surface area (Å²) >= 11 is 0. The summed E-state index contributed by atoms with van der Waals surface area (Å²) in [6.45, 7) is 11.8. The number of imidazole rings is 1. The molecule has 7 heteroatoms. The minimum Gasteiger partial charge on any atom is -0.370 e. The molecular weight excluding hydrogens is 304 g/mol. The molecule has 7 nitrogen and oxygen atoms in total. The van der Waals surface area contributed by atoms with Crippen LogP contribution >= 0.6 is 0 Å². The Morgan fingerprint density at radius 1 is 1.38 bits per heavy atom. The van der Waals surface area contributed by atoms with Gasteiger partial charge in [0.15, 0.2) is 0 Å². The fourth-order valence-electron chi connectivity index (χ4n) is 3.07. The van der Waals surface area contributed by atoms with Crippen molar-refractivity contribution >= 4 is 0 Å². The number of aromatic nitrogens is 5. The molecule has 132 valence electrons. The zero-order chi connectivity index (χ0) is 17.2. The summed E-state index contributed by atoms with van der Waals surface area (Å²) in [7, 11) is 0. The van der Waals surface area contributed by atoms with Crippen LogP contribution in [0.2, 0.25) is 0 Å². The molecule has 1 aliphatic rings. The van der Waals surface area contributed by atoms with E-state index in [2.05, 4.69) is 52.9 Å². The summed E-state index contributed by atoms with van der Waals surface area (Å²) in [4.78, 5) is 4.50. The molecule has 2 aromatic heterocycles. The van der Waals surface area contributed by atoms with Crippen molar-refractivity contribution in [3.8, 4) is 0 Å². The number of aryl methyl sites for hydroxylation is 1. The third-order valence-electron chi connectivity index (χ3n) is 4.50. The lowest BCUT2D eigenvalue weighted by Crippen LogP contribution is -2.26. The van der Waals surface area contributed by atoms with Crippen LogP contribution in [0.3, 0.4) is 0 Å². The molecule has 0 bridgehead atoms. The minimum absolute atomic E-state index is 0.0349. The molecule has 0 amide bonds. The standard InChI is InChI=1S/C17H28N6O/c1-5-22-8-7-19-16(22)15-13(6-9-24-15)10-18-11-14-12-23(21-20-14)17(2,3)4/h7-8,12-13,15,18H,5-6,9-11H2,1-4H3/t13-,15+/m0/s1. The first kappa shape index (κ1) is 17.1. The Hall–Kier alpha value is -1.73. The maximum atomic E-state index is 5.95. The summed E-state index contributed by atoms with van der Waals surface area (Å²) < 4.78 is 10.0. The smallest absolute Gasteiger partial charge is 0.138 e. The Balaban J connectivity index is 1.55. The summed E-state index contributed by atoms with van der Waals surface area (Å²) in [5.74, 6) is 1.48. The maximum absolute atomic E-state index is 5.95. The van der Waals surface area contributed by atoms with Crippen molar-refractivity contribution in [2.45, 2.75) is 58.8 Å². The number of hydrogen-bond acceptors (Lipinski definition) is 5. The van der Waals surface area contributed by atoms with Crippen molar-refractivity contribution < 1.29 is 4.74 Å². The monoisotopic (exact) mass is 332 g/mol. The zero-order valence-corrected chi connectivity index (χ0v) is 15.1. The van der Waals surface area contributed by atoms with Gasteiger partial charge in [0, 0.05) is 44.6 Å². The fourth-order valence-corrected chi connectivity index (χ4v) is 3.07. The Kier molecular flexibility index (Phi) is 5.01. The molecule has 0 spiro atoms. The predicted octanol–water partition coefficient (Wildman–Crippen LogP) is 2.12. The second-order valence-corrected chi connectivity index (χ2v) is 7.37. The highest BCUT2D eigenvalue weighted by Gasteiger charge is 2.32. The highest BCUT2D eigenvalue weighted by molar-refractivity contribution is 5.02. The molecule has 0 radical (unpaired) electrons. The van der Waals surface area contributed by atoms with Crippen LogP contribution in [-0.2, 0) is 23.4 Å². The van der Waals surface area contributed by atoms with Gasteiger partial charge in [-0.15, -0.1) is 5.10 Å². The van der Waals surface area contributed by atoms with Crippen LogP contribution in [0.15, 0.2) is 18.6 Å². The fraction of sp³-hybridized carbons (Fsp3) is 0.706. The van der Waals surface area contributed by atoms with E-state index in [9.17, 15) is 0 Å². The van der Waals surface area contributed by atoms with Crippen molar-refractivity contribution in [1.29, 1.82) is 0 Å². The lowest BCUT2D eigenvalue weighted by molar-refractivity contribution is 0.0803. The van der Waals surface area contributed by atoms with E-state index in [4.69, 9.17) is 4.74 Å². The van der Waals surface area contributed by atoms with Gasteiger partial charge in [0.1, 0.15) is 11.9 Å². The van der Waals surface area contributed by atoms with Crippen LogP contribution in [-0.4, -0.2) is 37.7 Å². The molecule has 3 heterocycles. The zero-order valence-electron chi connectivity index (χ0n) is 15.1. The van der Waals surface area contributed by atoms with E-state index < -0.39 is 0 Å². The van der Waals surface area contributed by atoms with E-state index in [-0.39, 0.29) is 11.6 Å². The SMILES string of the molecule is CCn1ccnc1[C@@H]1OCC[C@H]1CNCc1cn(C(C)(C)C)nn1. The first-order valence-corrected chi connectivity index (χ1v) is 8.74. The van der Waals surface area contributed by atoms with Crippen LogP contribution < -0.4 is 5.32 Å². The van der Waals surface area contributed by atoms with Gasteiger partial charge in [0.05, 0.1) is 17.4 Å². The molecule has 1 N–H and O–H groups in total. The number of hydrogen-bond donors (Lipinski definition) is 1. The minimum atomic E-state index is -0.0349. The number of nitrogens with zero attached hydrogens (tertiary/aromatic N) is 5. The van der Waals surface area contributed by atoms with E-state index in [0.29, 0.717) is 5.92 Å². The molecule has 0 unspecified atom stereocenters. The van der Waals surface area contributed by atoms with E-state index in [0.717, 1.165) is 44.2 Å². The van der Waals surface area contributed by atoms with Crippen LogP contribution in [0, 0.1) is 5.92 Å². The summed E-state index contributed by atoms with van der Waals surface area (Å²) in [5.41, 5.74) is 0.933. The van der Waals surface area contributed by atoms with Crippen LogP contribution in [0.25, 0.3) is 0 Å². The average molecular weight is 332 g/mol. The lowest BCUT2D eigenvalue weighted by Gasteiger charge is -2.19. The van der Waals surface area contributed by atoms with Crippen molar-refractivity contribution in [2.75, 3.05) is 13.2 Å². The number of nitrogens with one attached hydrogen (secondary N) is 1. The van der Waals surface area contributed by atoms with Gasteiger partial charge < -0.3 is 14.6 Å². The van der Waals surface area contributed by atoms with E-state index in [1.165, 1.54) is 0 Å². The van der Waals surface area contributed by atoms with Gasteiger partial charge in [-0.3, -0.25) is 0 Å². The molecular formula is C17H28N6O. The summed E-state index contributed by atoms with van der Waals surface area (Å²) in [5, 5.41) is 12.0. The normalized spacial score (nSPS) is 21.5. The van der Waals surface area contributed by atoms with E-state index in [1.807, 2.05) is 23.3 Å². The van der Waals surface area contributed by atoms with Gasteiger partial charge in [-0.05, 0) is 34.1 Å². The Labute approximate surface area is 143 Å². The molecule has 1 saturated heterocycles. The first-order valence-electron chi connectivity index (χ1n) is 8.74. The first-order chi connectivity index (χ1) is 11.5. The van der Waals surface area contributed by atoms with Crippen LogP contribution in [0.4, 0.5) is 0 Å². The largest absolute Gasteiger partial charge is 0.370 e. The molecule has 0 saturated carbocycles. The van der Waals surface area contributed by atoms with Gasteiger partial charge in [-0.2, -0.15) is 0 Å². The van der Waals surface area contributed by atoms with Crippen molar-refractivity contribution in [3.63, 3.8) is 0 Å². The maximum Gasteiger partial charge on any atom is 0.138 e. The Morgan fingerprint density at radius 2 is 2.21 bits per heavy atom. The Bertz CT molecular complexity index is 656. The molecule has 24 heavy (non-hydrogen) atoms. The quantitative estimate of drug-likeness (QED) is 0.877. The van der Waals surface area contributed by atoms with Gasteiger partial charge in [0.2, 0.25) is 0 Å². The molecule has 3 rings (SSSR count). The van der Waals surface area contributed by atoms with Gasteiger partial charge in [-0.25, -0.2) is 9.67 Å². The highest BCUT2D eigenvalue weighted by Crippen LogP contribution is 2.33. The number of ether oxygens (including phenoxy) is 1. The van der Waals surface area contributed by atoms with Crippen molar-refractivity contribution in [1.82, 2.24) is 29.9 Å². The van der Waals surface area contributed by atoms with Gasteiger partial charge in [-0.1, -0.05) is 5.21 Å². The van der Waals surface area contributed by atoms with E-state index >= 15 is 0 Å². The topological polar surface area (TPSA) is 69.8 Å². The lowest BCUT2D eigenvalue weighted by atomic mass is 10.0. The molecule has 2 aromatic rings. The van der Waals surface area contributed by atoms with Crippen molar-refractivity contribution in [2.24, 2.45) is 5.92 Å². The third kappa shape index (κ3) is 3.67. The predicted molar refractivity (Wildman–Crippen MR) is 91.4 cm³/mol. The third-order valence-corrected chi connectivity index (χ3v) is 4.50. The summed E-state index contributed by atoms with van der Waals surface area (Å²) in [6, 6.07) is 0. The molecule has 0 aromatic carbocycles.